The molecule has 1 aliphatic heterocycles. The Kier molecular flexibility index (Phi) is 6.71. The molecule has 6 heteroatoms. The third-order valence-electron chi connectivity index (χ3n) is 4.05. The molecular formula is C16H29N5O. The summed E-state index contributed by atoms with van der Waals surface area (Å²) in [5.74, 6) is 1.63. The lowest BCUT2D eigenvalue weighted by atomic mass is 10.1. The van der Waals surface area contributed by atoms with Gasteiger partial charge < -0.3 is 15.0 Å². The Morgan fingerprint density at radius 2 is 2.45 bits per heavy atom. The smallest absolute Gasteiger partial charge is 0.193 e. The number of aromatic amines is 1. The van der Waals surface area contributed by atoms with E-state index in [9.17, 15) is 0 Å². The first-order valence-corrected chi connectivity index (χ1v) is 8.26. The molecule has 22 heavy (non-hydrogen) atoms. The number of H-pyrrole nitrogens is 1. The van der Waals surface area contributed by atoms with Crippen molar-refractivity contribution in [2.24, 2.45) is 10.9 Å². The van der Waals surface area contributed by atoms with Crippen LogP contribution in [-0.2, 0) is 11.2 Å². The van der Waals surface area contributed by atoms with E-state index in [4.69, 9.17) is 9.73 Å². The van der Waals surface area contributed by atoms with E-state index in [1.807, 2.05) is 6.20 Å². The Bertz CT molecular complexity index is 465. The minimum Gasteiger partial charge on any atom is -0.381 e. The lowest BCUT2D eigenvalue weighted by molar-refractivity contribution is 0.181. The maximum Gasteiger partial charge on any atom is 0.193 e. The van der Waals surface area contributed by atoms with Crippen molar-refractivity contribution in [2.75, 3.05) is 39.9 Å². The third kappa shape index (κ3) is 5.02. The maximum atomic E-state index is 5.45. The van der Waals surface area contributed by atoms with Gasteiger partial charge in [-0.05, 0) is 38.7 Å². The highest BCUT2D eigenvalue weighted by atomic mass is 16.5. The summed E-state index contributed by atoms with van der Waals surface area (Å²) in [6, 6.07) is 0. The molecule has 2 heterocycles. The second kappa shape index (κ2) is 8.78. The van der Waals surface area contributed by atoms with Crippen molar-refractivity contribution >= 4 is 5.96 Å². The summed E-state index contributed by atoms with van der Waals surface area (Å²) in [6.45, 7) is 8.68. The second-order valence-electron chi connectivity index (χ2n) is 5.97. The van der Waals surface area contributed by atoms with E-state index in [2.05, 4.69) is 41.3 Å². The number of hydrogen-bond donors (Lipinski definition) is 2. The number of nitrogens with zero attached hydrogens (tertiary/aromatic N) is 3. The zero-order chi connectivity index (χ0) is 15.8. The van der Waals surface area contributed by atoms with E-state index in [1.165, 1.54) is 5.56 Å². The molecular weight excluding hydrogens is 278 g/mol. The van der Waals surface area contributed by atoms with Crippen LogP contribution in [0.4, 0.5) is 0 Å². The van der Waals surface area contributed by atoms with E-state index in [0.29, 0.717) is 5.92 Å². The van der Waals surface area contributed by atoms with E-state index >= 15 is 0 Å². The van der Waals surface area contributed by atoms with Crippen LogP contribution in [0.5, 0.6) is 0 Å². The number of guanidine groups is 1. The molecule has 1 aromatic rings. The Balaban J connectivity index is 1.79. The van der Waals surface area contributed by atoms with Crippen molar-refractivity contribution in [1.29, 1.82) is 0 Å². The largest absolute Gasteiger partial charge is 0.381 e. The Morgan fingerprint density at radius 3 is 3.09 bits per heavy atom. The predicted octanol–water partition coefficient (Wildman–Crippen LogP) is 1.58. The van der Waals surface area contributed by atoms with E-state index in [0.717, 1.165) is 63.8 Å². The number of nitrogens with one attached hydrogen (secondary N) is 2. The quantitative estimate of drug-likeness (QED) is 0.456. The highest BCUT2D eigenvalue weighted by Crippen LogP contribution is 2.13. The fourth-order valence-electron chi connectivity index (χ4n) is 2.75. The first-order chi connectivity index (χ1) is 10.7. The molecule has 0 aliphatic carbocycles. The molecule has 0 radical (unpaired) electrons. The van der Waals surface area contributed by atoms with E-state index < -0.39 is 0 Å². The average Bonchev–Trinajstić information content (AvgIpc) is 3.14. The minimum atomic E-state index is 0.627. The molecule has 0 saturated carbocycles. The number of aryl methyl sites for hydroxylation is 2. The molecule has 2 N–H and O–H groups in total. The highest BCUT2D eigenvalue weighted by Gasteiger charge is 2.18. The lowest BCUT2D eigenvalue weighted by Gasteiger charge is -2.24. The molecule has 1 fully saturated rings. The van der Waals surface area contributed by atoms with Gasteiger partial charge in [-0.1, -0.05) is 0 Å². The topological polar surface area (TPSA) is 65.5 Å². The Hall–Kier alpha value is -1.56. The standard InChI is InChI=1S/C16H29N5O/c1-4-17-16(21(3)11-14-7-9-22-12-14)18-8-5-6-15-10-19-20-13(15)2/h10,14H,4-9,11-12H2,1-3H3,(H,17,18)(H,19,20). The van der Waals surface area contributed by atoms with Gasteiger partial charge in [0.25, 0.3) is 0 Å². The van der Waals surface area contributed by atoms with Crippen LogP contribution in [0, 0.1) is 12.8 Å². The van der Waals surface area contributed by atoms with Gasteiger partial charge >= 0.3 is 0 Å². The molecule has 6 nitrogen and oxygen atoms in total. The predicted molar refractivity (Wildman–Crippen MR) is 89.2 cm³/mol. The monoisotopic (exact) mass is 307 g/mol. The zero-order valence-corrected chi connectivity index (χ0v) is 14.1. The normalized spacial score (nSPS) is 18.7. The summed E-state index contributed by atoms with van der Waals surface area (Å²) in [5, 5.41) is 10.4. The fourth-order valence-corrected chi connectivity index (χ4v) is 2.75. The molecule has 124 valence electrons. The molecule has 1 atom stereocenters. The van der Waals surface area contributed by atoms with Crippen LogP contribution in [-0.4, -0.2) is 61.0 Å². The van der Waals surface area contributed by atoms with Crippen LogP contribution in [0.2, 0.25) is 0 Å². The summed E-state index contributed by atoms with van der Waals surface area (Å²) in [4.78, 5) is 6.97. The van der Waals surface area contributed by atoms with Crippen LogP contribution < -0.4 is 5.32 Å². The van der Waals surface area contributed by atoms with Crippen LogP contribution in [0.3, 0.4) is 0 Å². The Labute approximate surface area is 133 Å². The van der Waals surface area contributed by atoms with Crippen LogP contribution >= 0.6 is 0 Å². The number of hydrogen-bond acceptors (Lipinski definition) is 3. The van der Waals surface area contributed by atoms with Gasteiger partial charge in [0.05, 0.1) is 12.8 Å². The van der Waals surface area contributed by atoms with Crippen molar-refractivity contribution in [3.05, 3.63) is 17.5 Å². The molecule has 1 saturated heterocycles. The molecule has 1 aromatic heterocycles. The summed E-state index contributed by atoms with van der Waals surface area (Å²) < 4.78 is 5.45. The van der Waals surface area contributed by atoms with Crippen molar-refractivity contribution in [3.8, 4) is 0 Å². The van der Waals surface area contributed by atoms with Gasteiger partial charge in [-0.25, -0.2) is 0 Å². The van der Waals surface area contributed by atoms with Gasteiger partial charge in [-0.2, -0.15) is 5.10 Å². The van der Waals surface area contributed by atoms with Gasteiger partial charge in [0, 0.05) is 44.9 Å². The van der Waals surface area contributed by atoms with Gasteiger partial charge in [0.2, 0.25) is 0 Å². The highest BCUT2D eigenvalue weighted by molar-refractivity contribution is 5.79. The van der Waals surface area contributed by atoms with Gasteiger partial charge in [-0.15, -0.1) is 0 Å². The van der Waals surface area contributed by atoms with E-state index in [-0.39, 0.29) is 0 Å². The minimum absolute atomic E-state index is 0.627. The third-order valence-corrected chi connectivity index (χ3v) is 4.05. The molecule has 1 unspecified atom stereocenters. The SMILES string of the molecule is CCNC(=NCCCc1cn[nH]c1C)N(C)CC1CCOC1. The van der Waals surface area contributed by atoms with Gasteiger partial charge in [0.15, 0.2) is 5.96 Å². The molecule has 0 bridgehead atoms. The van der Waals surface area contributed by atoms with Crippen molar-refractivity contribution in [1.82, 2.24) is 20.4 Å². The van der Waals surface area contributed by atoms with Crippen LogP contribution in [0.1, 0.15) is 31.0 Å². The number of ether oxygens (including phenoxy) is 1. The molecule has 2 rings (SSSR count). The number of aliphatic imine (C=N–C) groups is 1. The Morgan fingerprint density at radius 1 is 1.59 bits per heavy atom. The molecule has 0 amide bonds. The number of rotatable bonds is 7. The summed E-state index contributed by atoms with van der Waals surface area (Å²) in [6.07, 6.45) is 5.13. The molecule has 1 aliphatic rings. The first kappa shape index (κ1) is 16.8. The zero-order valence-electron chi connectivity index (χ0n) is 14.1. The first-order valence-electron chi connectivity index (χ1n) is 8.26. The summed E-state index contributed by atoms with van der Waals surface area (Å²) in [7, 11) is 2.11. The molecule has 0 aromatic carbocycles. The van der Waals surface area contributed by atoms with E-state index in [1.54, 1.807) is 0 Å². The summed E-state index contributed by atoms with van der Waals surface area (Å²) >= 11 is 0. The van der Waals surface area contributed by atoms with Crippen LogP contribution in [0.25, 0.3) is 0 Å². The second-order valence-corrected chi connectivity index (χ2v) is 5.97. The van der Waals surface area contributed by atoms with Gasteiger partial charge in [-0.3, -0.25) is 10.1 Å². The maximum absolute atomic E-state index is 5.45. The van der Waals surface area contributed by atoms with Crippen molar-refractivity contribution in [2.45, 2.75) is 33.1 Å². The van der Waals surface area contributed by atoms with Crippen molar-refractivity contribution in [3.63, 3.8) is 0 Å². The van der Waals surface area contributed by atoms with Crippen molar-refractivity contribution < 1.29 is 4.74 Å². The lowest BCUT2D eigenvalue weighted by Crippen LogP contribution is -2.41. The number of aromatic nitrogens is 2. The van der Waals surface area contributed by atoms with Crippen LogP contribution in [0.15, 0.2) is 11.2 Å². The summed E-state index contributed by atoms with van der Waals surface area (Å²) in [5.41, 5.74) is 2.45. The fraction of sp³-hybridized carbons (Fsp3) is 0.750. The van der Waals surface area contributed by atoms with Gasteiger partial charge in [0.1, 0.15) is 0 Å². The molecule has 0 spiro atoms. The average molecular weight is 307 g/mol.